The summed E-state index contributed by atoms with van der Waals surface area (Å²) in [5, 5.41) is 5.35. The maximum atomic E-state index is 12.1. The van der Waals surface area contributed by atoms with E-state index < -0.39 is 12.0 Å². The maximum absolute atomic E-state index is 12.1. The summed E-state index contributed by atoms with van der Waals surface area (Å²) in [7, 11) is 0. The highest BCUT2D eigenvalue weighted by Gasteiger charge is 2.31. The molecule has 1 aliphatic rings. The van der Waals surface area contributed by atoms with Crippen LogP contribution in [0.3, 0.4) is 0 Å². The Hall–Kier alpha value is -1.82. The van der Waals surface area contributed by atoms with E-state index in [1.54, 1.807) is 13.8 Å². The van der Waals surface area contributed by atoms with Crippen LogP contribution in [0.1, 0.15) is 25.5 Å². The zero-order valence-electron chi connectivity index (χ0n) is 11.2. The van der Waals surface area contributed by atoms with E-state index in [1.165, 1.54) is 0 Å². The Morgan fingerprint density at radius 2 is 2.20 bits per heavy atom. The first kappa shape index (κ1) is 14.6. The third kappa shape index (κ3) is 3.01. The number of rotatable bonds is 3. The van der Waals surface area contributed by atoms with Crippen molar-refractivity contribution in [3.63, 3.8) is 0 Å². The summed E-state index contributed by atoms with van der Waals surface area (Å²) < 4.78 is 5.95. The van der Waals surface area contributed by atoms with Crippen LogP contribution in [0.2, 0.25) is 0 Å². The largest absolute Gasteiger partial charge is 0.463 e. The number of amides is 2. The molecule has 2 rings (SSSR count). The summed E-state index contributed by atoms with van der Waals surface area (Å²) in [4.78, 5) is 23.7. The van der Waals surface area contributed by atoms with Crippen LogP contribution in [0.4, 0.5) is 4.79 Å². The topological polar surface area (TPSA) is 67.4 Å². The minimum atomic E-state index is -0.514. The van der Waals surface area contributed by atoms with Crippen LogP contribution in [0.25, 0.3) is 0 Å². The predicted molar refractivity (Wildman–Crippen MR) is 77.9 cm³/mol. The Morgan fingerprint density at radius 1 is 1.45 bits per heavy atom. The SMILES string of the molecule is CCOC(=O)C1=C(C)NC(=O)N[C@@H]1c1cccc(Br)c1. The lowest BCUT2D eigenvalue weighted by Gasteiger charge is -2.28. The molecule has 6 heteroatoms. The fraction of sp³-hybridized carbons (Fsp3) is 0.286. The van der Waals surface area contributed by atoms with Gasteiger partial charge in [-0.3, -0.25) is 0 Å². The predicted octanol–water partition coefficient (Wildman–Crippen LogP) is 2.64. The average molecular weight is 339 g/mol. The summed E-state index contributed by atoms with van der Waals surface area (Å²) >= 11 is 3.39. The first-order chi connectivity index (χ1) is 9.52. The Morgan fingerprint density at radius 3 is 2.85 bits per heavy atom. The molecular weight excluding hydrogens is 324 g/mol. The van der Waals surface area contributed by atoms with Crippen molar-refractivity contribution in [1.82, 2.24) is 10.6 Å². The zero-order chi connectivity index (χ0) is 14.7. The number of nitrogens with one attached hydrogen (secondary N) is 2. The Kier molecular flexibility index (Phi) is 4.44. The summed E-state index contributed by atoms with van der Waals surface area (Å²) in [6, 6.07) is 6.61. The smallest absolute Gasteiger partial charge is 0.338 e. The van der Waals surface area contributed by atoms with Gasteiger partial charge in [0.1, 0.15) is 0 Å². The quantitative estimate of drug-likeness (QED) is 0.832. The van der Waals surface area contributed by atoms with Crippen molar-refractivity contribution in [3.8, 4) is 0 Å². The molecule has 1 aromatic carbocycles. The van der Waals surface area contributed by atoms with Gasteiger partial charge in [0, 0.05) is 10.2 Å². The van der Waals surface area contributed by atoms with Crippen molar-refractivity contribution in [2.45, 2.75) is 19.9 Å². The number of allylic oxidation sites excluding steroid dienone is 1. The molecule has 0 fully saturated rings. The van der Waals surface area contributed by atoms with Crippen molar-refractivity contribution in [3.05, 3.63) is 45.6 Å². The van der Waals surface area contributed by atoms with Crippen LogP contribution in [0, 0.1) is 0 Å². The van der Waals surface area contributed by atoms with Gasteiger partial charge in [-0.25, -0.2) is 9.59 Å². The van der Waals surface area contributed by atoms with Crippen LogP contribution in [0.15, 0.2) is 40.0 Å². The van der Waals surface area contributed by atoms with Crippen LogP contribution < -0.4 is 10.6 Å². The Bertz CT molecular complexity index is 584. The zero-order valence-corrected chi connectivity index (χ0v) is 12.8. The van der Waals surface area contributed by atoms with Gasteiger partial charge in [-0.15, -0.1) is 0 Å². The van der Waals surface area contributed by atoms with Crippen molar-refractivity contribution >= 4 is 27.9 Å². The van der Waals surface area contributed by atoms with E-state index in [-0.39, 0.29) is 12.6 Å². The highest BCUT2D eigenvalue weighted by molar-refractivity contribution is 9.10. The van der Waals surface area contributed by atoms with E-state index in [0.29, 0.717) is 11.3 Å². The molecule has 0 aromatic heterocycles. The highest BCUT2D eigenvalue weighted by atomic mass is 79.9. The van der Waals surface area contributed by atoms with Crippen LogP contribution in [-0.2, 0) is 9.53 Å². The first-order valence-electron chi connectivity index (χ1n) is 6.23. The van der Waals surface area contributed by atoms with Crippen LogP contribution >= 0.6 is 15.9 Å². The van der Waals surface area contributed by atoms with Gasteiger partial charge in [0.05, 0.1) is 18.2 Å². The van der Waals surface area contributed by atoms with E-state index >= 15 is 0 Å². The fourth-order valence-corrected chi connectivity index (χ4v) is 2.53. The number of hydrogen-bond donors (Lipinski definition) is 2. The Labute approximate surface area is 125 Å². The Balaban J connectivity index is 2.44. The standard InChI is InChI=1S/C14H15BrN2O3/c1-3-20-13(18)11-8(2)16-14(19)17-12(11)9-5-4-6-10(15)7-9/h4-7,12H,3H2,1-2H3,(H2,16,17,19)/t12-/m1/s1. The van der Waals surface area contributed by atoms with Gasteiger partial charge in [-0.1, -0.05) is 28.1 Å². The molecule has 0 saturated carbocycles. The summed E-state index contributed by atoms with van der Waals surface area (Å²) in [5.41, 5.74) is 1.75. The number of carbonyl (C=O) groups is 2. The minimum Gasteiger partial charge on any atom is -0.463 e. The summed E-state index contributed by atoms with van der Waals surface area (Å²) in [6.07, 6.45) is 0. The van der Waals surface area contributed by atoms with Gasteiger partial charge in [0.2, 0.25) is 0 Å². The number of carbonyl (C=O) groups excluding carboxylic acids is 2. The molecular formula is C14H15BrN2O3. The van der Waals surface area contributed by atoms with Crippen molar-refractivity contribution in [1.29, 1.82) is 0 Å². The number of urea groups is 1. The van der Waals surface area contributed by atoms with Gasteiger partial charge < -0.3 is 15.4 Å². The third-order valence-corrected chi connectivity index (χ3v) is 3.44. The molecule has 106 valence electrons. The number of hydrogen-bond acceptors (Lipinski definition) is 3. The molecule has 0 spiro atoms. The number of benzene rings is 1. The van der Waals surface area contributed by atoms with E-state index in [9.17, 15) is 9.59 Å². The second kappa shape index (κ2) is 6.09. The van der Waals surface area contributed by atoms with E-state index in [1.807, 2.05) is 24.3 Å². The van der Waals surface area contributed by atoms with Crippen molar-refractivity contribution in [2.75, 3.05) is 6.61 Å². The lowest BCUT2D eigenvalue weighted by atomic mass is 9.96. The molecule has 1 aromatic rings. The molecule has 2 amide bonds. The van der Waals surface area contributed by atoms with E-state index in [0.717, 1.165) is 10.0 Å². The molecule has 1 aliphatic heterocycles. The van der Waals surface area contributed by atoms with Gasteiger partial charge >= 0.3 is 12.0 Å². The van der Waals surface area contributed by atoms with Gasteiger partial charge in [-0.2, -0.15) is 0 Å². The maximum Gasteiger partial charge on any atom is 0.338 e. The molecule has 0 unspecified atom stereocenters. The van der Waals surface area contributed by atoms with E-state index in [2.05, 4.69) is 26.6 Å². The molecule has 0 aliphatic carbocycles. The summed E-state index contributed by atoms with van der Waals surface area (Å²) in [5.74, 6) is -0.428. The number of esters is 1. The molecule has 1 heterocycles. The molecule has 0 bridgehead atoms. The van der Waals surface area contributed by atoms with E-state index in [4.69, 9.17) is 4.74 Å². The molecule has 0 saturated heterocycles. The average Bonchev–Trinajstić information content (AvgIpc) is 2.37. The lowest BCUT2D eigenvalue weighted by molar-refractivity contribution is -0.139. The second-order valence-corrected chi connectivity index (χ2v) is 5.26. The minimum absolute atomic E-state index is 0.286. The number of ether oxygens (including phenoxy) is 1. The normalized spacial score (nSPS) is 18.4. The van der Waals surface area contributed by atoms with Crippen molar-refractivity contribution < 1.29 is 14.3 Å². The molecule has 0 radical (unpaired) electrons. The molecule has 1 atom stereocenters. The summed E-state index contributed by atoms with van der Waals surface area (Å²) in [6.45, 7) is 3.72. The fourth-order valence-electron chi connectivity index (χ4n) is 2.11. The molecule has 20 heavy (non-hydrogen) atoms. The molecule has 5 nitrogen and oxygen atoms in total. The van der Waals surface area contributed by atoms with Crippen LogP contribution in [-0.4, -0.2) is 18.6 Å². The van der Waals surface area contributed by atoms with Gasteiger partial charge in [-0.05, 0) is 31.5 Å². The first-order valence-corrected chi connectivity index (χ1v) is 7.03. The van der Waals surface area contributed by atoms with Crippen LogP contribution in [0.5, 0.6) is 0 Å². The van der Waals surface area contributed by atoms with Gasteiger partial charge in [0.25, 0.3) is 0 Å². The molecule has 2 N–H and O–H groups in total. The van der Waals surface area contributed by atoms with Crippen molar-refractivity contribution in [2.24, 2.45) is 0 Å². The second-order valence-electron chi connectivity index (χ2n) is 4.35. The monoisotopic (exact) mass is 338 g/mol. The number of halogens is 1. The lowest BCUT2D eigenvalue weighted by Crippen LogP contribution is -2.45. The third-order valence-electron chi connectivity index (χ3n) is 2.95. The van der Waals surface area contributed by atoms with Gasteiger partial charge in [0.15, 0.2) is 0 Å². The highest BCUT2D eigenvalue weighted by Crippen LogP contribution is 2.29.